The number of thiophene rings is 1. The number of benzene rings is 1. The Morgan fingerprint density at radius 2 is 2.05 bits per heavy atom. The van der Waals surface area contributed by atoms with Gasteiger partial charge >= 0.3 is 0 Å². The highest BCUT2D eigenvalue weighted by Crippen LogP contribution is 2.36. The number of hydrogen-bond acceptors (Lipinski definition) is 6. The van der Waals surface area contributed by atoms with E-state index < -0.39 is 10.1 Å². The van der Waals surface area contributed by atoms with Gasteiger partial charge in [0.25, 0.3) is 10.1 Å². The normalized spacial score (nSPS) is 17.7. The van der Waals surface area contributed by atoms with E-state index in [4.69, 9.17) is 14.0 Å². The molecule has 0 fully saturated rings. The summed E-state index contributed by atoms with van der Waals surface area (Å²) in [6.45, 7) is 0.305. The predicted molar refractivity (Wildman–Crippen MR) is 75.9 cm³/mol. The van der Waals surface area contributed by atoms with Crippen molar-refractivity contribution < 1.29 is 27.6 Å². The molecule has 1 atom stereocenters. The van der Waals surface area contributed by atoms with Gasteiger partial charge in [0.05, 0.1) is 4.90 Å². The first-order valence-corrected chi connectivity index (χ1v) is 8.47. The van der Waals surface area contributed by atoms with Crippen molar-refractivity contribution in [3.63, 3.8) is 0 Å². The second kappa shape index (κ2) is 5.21. The molecule has 1 unspecified atom stereocenters. The second-order valence-electron chi connectivity index (χ2n) is 4.62. The van der Waals surface area contributed by atoms with Gasteiger partial charge < -0.3 is 14.6 Å². The number of phenolic OH excluding ortho intramolecular Hbond substituents is 1. The maximum Gasteiger partial charge on any atom is 0.294 e. The van der Waals surface area contributed by atoms with E-state index in [9.17, 15) is 13.5 Å². The molecule has 1 aromatic carbocycles. The van der Waals surface area contributed by atoms with E-state index in [1.54, 1.807) is 0 Å². The van der Waals surface area contributed by atoms with Crippen LogP contribution in [0.3, 0.4) is 0 Å². The molecule has 0 amide bonds. The lowest BCUT2D eigenvalue weighted by molar-refractivity contribution is 0.0922. The van der Waals surface area contributed by atoms with Crippen molar-refractivity contribution in [2.45, 2.75) is 17.4 Å². The zero-order valence-electron chi connectivity index (χ0n) is 10.7. The molecule has 1 aliphatic rings. The van der Waals surface area contributed by atoms with Crippen LogP contribution in [0.4, 0.5) is 0 Å². The molecule has 2 N–H and O–H groups in total. The third-order valence-electron chi connectivity index (χ3n) is 3.11. The third kappa shape index (κ3) is 2.97. The molecule has 1 aliphatic heterocycles. The number of hydrogen-bond donors (Lipinski definition) is 2. The monoisotopic (exact) mass is 328 g/mol. The van der Waals surface area contributed by atoms with E-state index in [1.807, 2.05) is 10.8 Å². The van der Waals surface area contributed by atoms with E-state index in [1.165, 1.54) is 23.5 Å². The summed E-state index contributed by atoms with van der Waals surface area (Å²) in [6.07, 6.45) is -0.0700. The molecular formula is C13H12O6S2. The van der Waals surface area contributed by atoms with Crippen molar-refractivity contribution >= 4 is 21.5 Å². The standard InChI is InChI=1S/C13H12O6S2/c14-11-2-1-10(21(15,16)17)4-8(11)3-9-5-18-12-6-20-7-13(12)19-9/h1-2,4,6-7,9,14H,3,5H2,(H,15,16,17). The molecule has 21 heavy (non-hydrogen) atoms. The molecule has 6 nitrogen and oxygen atoms in total. The minimum atomic E-state index is -4.30. The number of rotatable bonds is 3. The van der Waals surface area contributed by atoms with Crippen LogP contribution in [-0.2, 0) is 16.5 Å². The van der Waals surface area contributed by atoms with Gasteiger partial charge in [0.2, 0.25) is 0 Å². The summed E-state index contributed by atoms with van der Waals surface area (Å²) in [5, 5.41) is 13.5. The van der Waals surface area contributed by atoms with Gasteiger partial charge in [-0.2, -0.15) is 8.42 Å². The molecule has 0 spiro atoms. The van der Waals surface area contributed by atoms with Crippen LogP contribution in [-0.4, -0.2) is 30.8 Å². The van der Waals surface area contributed by atoms with Gasteiger partial charge in [-0.25, -0.2) is 0 Å². The molecule has 0 saturated carbocycles. The van der Waals surface area contributed by atoms with Crippen LogP contribution in [0.25, 0.3) is 0 Å². The zero-order chi connectivity index (χ0) is 15.0. The molecule has 1 aromatic heterocycles. The average Bonchev–Trinajstić information content (AvgIpc) is 2.87. The first kappa shape index (κ1) is 14.2. The molecular weight excluding hydrogens is 316 g/mol. The fourth-order valence-corrected chi connectivity index (χ4v) is 3.30. The maximum atomic E-state index is 11.1. The topological polar surface area (TPSA) is 93.1 Å². The van der Waals surface area contributed by atoms with E-state index in [2.05, 4.69) is 0 Å². The Hall–Kier alpha value is -1.77. The van der Waals surface area contributed by atoms with Crippen LogP contribution in [0.5, 0.6) is 17.2 Å². The van der Waals surface area contributed by atoms with Gasteiger partial charge in [-0.1, -0.05) is 0 Å². The largest absolute Gasteiger partial charge is 0.508 e. The van der Waals surface area contributed by atoms with Crippen molar-refractivity contribution in [3.05, 3.63) is 34.5 Å². The summed E-state index contributed by atoms with van der Waals surface area (Å²) in [4.78, 5) is -0.261. The number of aromatic hydroxyl groups is 1. The average molecular weight is 328 g/mol. The summed E-state index contributed by atoms with van der Waals surface area (Å²) >= 11 is 1.46. The first-order valence-electron chi connectivity index (χ1n) is 6.08. The third-order valence-corrected chi connectivity index (χ3v) is 4.66. The number of fused-ring (bicyclic) bond motifs is 1. The van der Waals surface area contributed by atoms with Crippen LogP contribution >= 0.6 is 11.3 Å². The Morgan fingerprint density at radius 1 is 1.29 bits per heavy atom. The maximum absolute atomic E-state index is 11.1. The second-order valence-corrected chi connectivity index (χ2v) is 6.79. The quantitative estimate of drug-likeness (QED) is 0.838. The van der Waals surface area contributed by atoms with Gasteiger partial charge in [0.1, 0.15) is 18.5 Å². The van der Waals surface area contributed by atoms with Crippen molar-refractivity contribution in [2.75, 3.05) is 6.61 Å². The minimum Gasteiger partial charge on any atom is -0.508 e. The van der Waals surface area contributed by atoms with E-state index in [0.29, 0.717) is 23.7 Å². The van der Waals surface area contributed by atoms with E-state index in [-0.39, 0.29) is 23.2 Å². The van der Waals surface area contributed by atoms with Crippen LogP contribution in [0.15, 0.2) is 33.9 Å². The Morgan fingerprint density at radius 3 is 2.81 bits per heavy atom. The Balaban J connectivity index is 1.82. The van der Waals surface area contributed by atoms with Crippen LogP contribution < -0.4 is 9.47 Å². The van der Waals surface area contributed by atoms with E-state index >= 15 is 0 Å². The lowest BCUT2D eigenvalue weighted by Crippen LogP contribution is -2.30. The summed E-state index contributed by atoms with van der Waals surface area (Å²) < 4.78 is 42.6. The van der Waals surface area contributed by atoms with Crippen molar-refractivity contribution in [1.29, 1.82) is 0 Å². The van der Waals surface area contributed by atoms with Crippen molar-refractivity contribution in [3.8, 4) is 17.2 Å². The molecule has 112 valence electrons. The molecule has 0 saturated heterocycles. The minimum absolute atomic E-state index is 0.0536. The Bertz CT molecular complexity index is 765. The van der Waals surface area contributed by atoms with Crippen LogP contribution in [0, 0.1) is 0 Å². The first-order chi connectivity index (χ1) is 9.93. The predicted octanol–water partition coefficient (Wildman–Crippen LogP) is 2.08. The summed E-state index contributed by atoms with van der Waals surface area (Å²) in [6, 6.07) is 3.61. The Labute approximate surface area is 125 Å². The van der Waals surface area contributed by atoms with Crippen LogP contribution in [0.2, 0.25) is 0 Å². The van der Waals surface area contributed by atoms with Gasteiger partial charge in [-0.05, 0) is 23.8 Å². The van der Waals surface area contributed by atoms with Gasteiger partial charge in [-0.3, -0.25) is 4.55 Å². The van der Waals surface area contributed by atoms with E-state index in [0.717, 1.165) is 6.07 Å². The number of phenols is 1. The zero-order valence-corrected chi connectivity index (χ0v) is 12.4. The highest BCUT2D eigenvalue weighted by atomic mass is 32.2. The summed E-state index contributed by atoms with van der Waals surface area (Å²) in [5.74, 6) is 1.27. The highest BCUT2D eigenvalue weighted by molar-refractivity contribution is 7.85. The molecule has 0 radical (unpaired) electrons. The fourth-order valence-electron chi connectivity index (χ4n) is 2.09. The van der Waals surface area contributed by atoms with Crippen molar-refractivity contribution in [1.82, 2.24) is 0 Å². The molecule has 2 aromatic rings. The van der Waals surface area contributed by atoms with Gasteiger partial charge in [0.15, 0.2) is 11.5 Å². The molecule has 3 rings (SSSR count). The summed E-state index contributed by atoms with van der Waals surface area (Å²) in [7, 11) is -4.30. The van der Waals surface area contributed by atoms with Crippen LogP contribution in [0.1, 0.15) is 5.56 Å². The number of ether oxygens (including phenoxy) is 2. The molecule has 0 aliphatic carbocycles. The smallest absolute Gasteiger partial charge is 0.294 e. The lowest BCUT2D eigenvalue weighted by Gasteiger charge is -2.24. The molecule has 8 heteroatoms. The summed E-state index contributed by atoms with van der Waals surface area (Å²) in [5.41, 5.74) is 0.373. The van der Waals surface area contributed by atoms with Gasteiger partial charge in [0, 0.05) is 17.2 Å². The SMILES string of the molecule is O=S(=O)(O)c1ccc(O)c(CC2COc3cscc3O2)c1. The highest BCUT2D eigenvalue weighted by Gasteiger charge is 2.23. The lowest BCUT2D eigenvalue weighted by atomic mass is 10.1. The fraction of sp³-hybridized carbons (Fsp3) is 0.231. The molecule has 0 bridgehead atoms. The van der Waals surface area contributed by atoms with Gasteiger partial charge in [-0.15, -0.1) is 11.3 Å². The molecule has 2 heterocycles. The van der Waals surface area contributed by atoms with Crippen molar-refractivity contribution in [2.24, 2.45) is 0 Å². The Kier molecular flexibility index (Phi) is 3.52.